The van der Waals surface area contributed by atoms with E-state index in [4.69, 9.17) is 21.1 Å². The van der Waals surface area contributed by atoms with Gasteiger partial charge in [-0.1, -0.05) is 54.1 Å². The van der Waals surface area contributed by atoms with Gasteiger partial charge in [-0.2, -0.15) is 0 Å². The minimum absolute atomic E-state index is 0.00271. The second-order valence-corrected chi connectivity index (χ2v) is 6.94. The number of hydrogen-bond acceptors (Lipinski definition) is 4. The number of ether oxygens (including phenoxy) is 2. The molecule has 0 bridgehead atoms. The summed E-state index contributed by atoms with van der Waals surface area (Å²) in [5, 5.41) is 13.8. The Morgan fingerprint density at radius 1 is 1.03 bits per heavy atom. The molecule has 0 heterocycles. The van der Waals surface area contributed by atoms with Gasteiger partial charge >= 0.3 is 0 Å². The van der Waals surface area contributed by atoms with Crippen LogP contribution in [-0.2, 0) is 13.2 Å². The van der Waals surface area contributed by atoms with Crippen molar-refractivity contribution in [3.8, 4) is 11.5 Å². The van der Waals surface area contributed by atoms with E-state index >= 15 is 0 Å². The minimum atomic E-state index is -0.578. The number of benzene rings is 3. The molecule has 0 saturated heterocycles. The molecule has 3 rings (SSSR count). The predicted octanol–water partition coefficient (Wildman–Crippen LogP) is 4.89. The van der Waals surface area contributed by atoms with E-state index in [1.165, 1.54) is 6.07 Å². The van der Waals surface area contributed by atoms with Crippen LogP contribution < -0.4 is 14.8 Å². The molecule has 4 nitrogen and oxygen atoms in total. The van der Waals surface area contributed by atoms with Crippen molar-refractivity contribution in [1.82, 2.24) is 5.32 Å². The number of rotatable bonds is 9. The Balaban J connectivity index is 1.58. The average molecular weight is 416 g/mol. The van der Waals surface area contributed by atoms with Gasteiger partial charge in [0.1, 0.15) is 12.4 Å². The SMILES string of the molecule is COc1cc(CNCC(O)c2ccccc2)ccc1OCc1c(F)cccc1Cl. The summed E-state index contributed by atoms with van der Waals surface area (Å²) in [6.45, 7) is 0.985. The molecule has 0 aromatic heterocycles. The molecular weight excluding hydrogens is 393 g/mol. The molecular formula is C23H23ClFNO3. The van der Waals surface area contributed by atoms with Crippen LogP contribution in [0.15, 0.2) is 66.7 Å². The molecule has 0 radical (unpaired) electrons. The van der Waals surface area contributed by atoms with Crippen LogP contribution in [0, 0.1) is 5.82 Å². The third kappa shape index (κ3) is 5.70. The number of aliphatic hydroxyl groups is 1. The molecule has 0 aliphatic heterocycles. The van der Waals surface area contributed by atoms with E-state index in [0.717, 1.165) is 11.1 Å². The third-order valence-electron chi connectivity index (χ3n) is 4.51. The van der Waals surface area contributed by atoms with Crippen LogP contribution in [0.5, 0.6) is 11.5 Å². The molecule has 1 atom stereocenters. The van der Waals surface area contributed by atoms with Crippen molar-refractivity contribution in [1.29, 1.82) is 0 Å². The third-order valence-corrected chi connectivity index (χ3v) is 4.87. The summed E-state index contributed by atoms with van der Waals surface area (Å²) in [5.41, 5.74) is 2.14. The van der Waals surface area contributed by atoms with E-state index in [2.05, 4.69) is 5.32 Å². The number of aliphatic hydroxyl groups excluding tert-OH is 1. The molecule has 0 amide bonds. The summed E-state index contributed by atoms with van der Waals surface area (Å²) in [6.07, 6.45) is -0.578. The molecule has 0 saturated carbocycles. The molecule has 6 heteroatoms. The van der Waals surface area contributed by atoms with E-state index in [1.54, 1.807) is 25.3 Å². The Hall–Kier alpha value is -2.60. The first-order valence-corrected chi connectivity index (χ1v) is 9.62. The van der Waals surface area contributed by atoms with Crippen molar-refractivity contribution in [2.75, 3.05) is 13.7 Å². The maximum atomic E-state index is 13.9. The van der Waals surface area contributed by atoms with Gasteiger partial charge in [-0.25, -0.2) is 4.39 Å². The van der Waals surface area contributed by atoms with Crippen molar-refractivity contribution < 1.29 is 19.0 Å². The van der Waals surface area contributed by atoms with Gasteiger partial charge in [0.25, 0.3) is 0 Å². The maximum absolute atomic E-state index is 13.9. The second-order valence-electron chi connectivity index (χ2n) is 6.53. The molecule has 0 aliphatic carbocycles. The Morgan fingerprint density at radius 2 is 1.83 bits per heavy atom. The van der Waals surface area contributed by atoms with Crippen LogP contribution in [-0.4, -0.2) is 18.8 Å². The zero-order valence-corrected chi connectivity index (χ0v) is 16.8. The lowest BCUT2D eigenvalue weighted by molar-refractivity contribution is 0.174. The molecule has 1 unspecified atom stereocenters. The van der Waals surface area contributed by atoms with E-state index in [9.17, 15) is 9.50 Å². The van der Waals surface area contributed by atoms with Gasteiger partial charge in [0.15, 0.2) is 11.5 Å². The van der Waals surface area contributed by atoms with Crippen LogP contribution in [0.25, 0.3) is 0 Å². The fourth-order valence-electron chi connectivity index (χ4n) is 2.91. The van der Waals surface area contributed by atoms with Crippen molar-refractivity contribution in [2.45, 2.75) is 19.3 Å². The maximum Gasteiger partial charge on any atom is 0.161 e. The quantitative estimate of drug-likeness (QED) is 0.522. The Kier molecular flexibility index (Phi) is 7.47. The lowest BCUT2D eigenvalue weighted by Crippen LogP contribution is -2.21. The molecule has 0 fully saturated rings. The molecule has 29 heavy (non-hydrogen) atoms. The van der Waals surface area contributed by atoms with E-state index in [-0.39, 0.29) is 6.61 Å². The smallest absolute Gasteiger partial charge is 0.161 e. The molecule has 152 valence electrons. The van der Waals surface area contributed by atoms with Crippen LogP contribution >= 0.6 is 11.6 Å². The number of hydrogen-bond donors (Lipinski definition) is 2. The van der Waals surface area contributed by atoms with Gasteiger partial charge in [0.2, 0.25) is 0 Å². The highest BCUT2D eigenvalue weighted by Crippen LogP contribution is 2.30. The fourth-order valence-corrected chi connectivity index (χ4v) is 3.13. The van der Waals surface area contributed by atoms with Crippen molar-refractivity contribution in [3.05, 3.63) is 94.3 Å². The van der Waals surface area contributed by atoms with Gasteiger partial charge < -0.3 is 19.9 Å². The van der Waals surface area contributed by atoms with Crippen LogP contribution in [0.3, 0.4) is 0 Å². The molecule has 0 spiro atoms. The van der Waals surface area contributed by atoms with Crippen molar-refractivity contribution in [2.24, 2.45) is 0 Å². The lowest BCUT2D eigenvalue weighted by Gasteiger charge is -2.15. The predicted molar refractivity (Wildman–Crippen MR) is 112 cm³/mol. The minimum Gasteiger partial charge on any atom is -0.493 e. The van der Waals surface area contributed by atoms with Gasteiger partial charge in [0, 0.05) is 18.7 Å². The highest BCUT2D eigenvalue weighted by molar-refractivity contribution is 6.31. The summed E-state index contributed by atoms with van der Waals surface area (Å²) < 4.78 is 25.0. The summed E-state index contributed by atoms with van der Waals surface area (Å²) in [5.74, 6) is 0.634. The molecule has 3 aromatic rings. The van der Waals surface area contributed by atoms with Crippen LogP contribution in [0.4, 0.5) is 4.39 Å². The Morgan fingerprint density at radius 3 is 2.55 bits per heavy atom. The first-order valence-electron chi connectivity index (χ1n) is 9.25. The lowest BCUT2D eigenvalue weighted by atomic mass is 10.1. The first kappa shape index (κ1) is 21.1. The van der Waals surface area contributed by atoms with Gasteiger partial charge in [-0.3, -0.25) is 0 Å². The van der Waals surface area contributed by atoms with E-state index in [1.807, 2.05) is 42.5 Å². The number of nitrogens with one attached hydrogen (secondary N) is 1. The second kappa shape index (κ2) is 10.3. The van der Waals surface area contributed by atoms with Crippen molar-refractivity contribution >= 4 is 11.6 Å². The molecule has 3 aromatic carbocycles. The largest absolute Gasteiger partial charge is 0.493 e. The summed E-state index contributed by atoms with van der Waals surface area (Å²) >= 11 is 6.04. The highest BCUT2D eigenvalue weighted by atomic mass is 35.5. The van der Waals surface area contributed by atoms with E-state index in [0.29, 0.717) is 35.2 Å². The molecule has 2 N–H and O–H groups in total. The Bertz CT molecular complexity index is 916. The number of methoxy groups -OCH3 is 1. The topological polar surface area (TPSA) is 50.7 Å². The summed E-state index contributed by atoms with van der Waals surface area (Å²) in [4.78, 5) is 0. The van der Waals surface area contributed by atoms with Crippen LogP contribution in [0.1, 0.15) is 22.8 Å². The van der Waals surface area contributed by atoms with Crippen LogP contribution in [0.2, 0.25) is 5.02 Å². The normalized spacial score (nSPS) is 11.9. The van der Waals surface area contributed by atoms with Gasteiger partial charge in [-0.15, -0.1) is 0 Å². The van der Waals surface area contributed by atoms with E-state index < -0.39 is 11.9 Å². The zero-order chi connectivity index (χ0) is 20.6. The Labute approximate surface area is 174 Å². The summed E-state index contributed by atoms with van der Waals surface area (Å²) in [6, 6.07) is 19.5. The number of halogens is 2. The first-order chi connectivity index (χ1) is 14.1. The van der Waals surface area contributed by atoms with Crippen molar-refractivity contribution in [3.63, 3.8) is 0 Å². The average Bonchev–Trinajstić information content (AvgIpc) is 2.74. The zero-order valence-electron chi connectivity index (χ0n) is 16.1. The summed E-state index contributed by atoms with van der Waals surface area (Å²) in [7, 11) is 1.55. The monoisotopic (exact) mass is 415 g/mol. The van der Waals surface area contributed by atoms with Gasteiger partial charge in [-0.05, 0) is 35.4 Å². The highest BCUT2D eigenvalue weighted by Gasteiger charge is 2.11. The van der Waals surface area contributed by atoms with Gasteiger partial charge in [0.05, 0.1) is 18.2 Å². The standard InChI is InChI=1S/C23H23ClFNO3/c1-28-23-12-16(13-26-14-21(27)17-6-3-2-4-7-17)10-11-22(23)29-15-18-19(24)8-5-9-20(18)25/h2-12,21,26-27H,13-15H2,1H3. The molecule has 0 aliphatic rings. The fraction of sp³-hybridized carbons (Fsp3) is 0.217.